The van der Waals surface area contributed by atoms with Crippen molar-refractivity contribution in [2.45, 2.75) is 26.7 Å². The predicted octanol–water partition coefficient (Wildman–Crippen LogP) is 3.14. The highest BCUT2D eigenvalue weighted by Gasteiger charge is 2.20. The van der Waals surface area contributed by atoms with E-state index in [4.69, 9.17) is 4.74 Å². The zero-order valence-corrected chi connectivity index (χ0v) is 15.6. The van der Waals surface area contributed by atoms with Crippen molar-refractivity contribution in [2.75, 3.05) is 29.9 Å². The summed E-state index contributed by atoms with van der Waals surface area (Å²) in [6.45, 7) is 5.99. The van der Waals surface area contributed by atoms with Gasteiger partial charge in [-0.05, 0) is 43.9 Å². The smallest absolute Gasteiger partial charge is 0.340 e. The third kappa shape index (κ3) is 4.61. The number of hydrogen-bond acceptors (Lipinski definition) is 6. The van der Waals surface area contributed by atoms with Crippen LogP contribution >= 0.6 is 0 Å². The number of piperidine rings is 1. The molecule has 2 aromatic rings. The van der Waals surface area contributed by atoms with E-state index in [1.807, 2.05) is 0 Å². The second-order valence-corrected chi connectivity index (χ2v) is 6.66. The van der Waals surface area contributed by atoms with E-state index < -0.39 is 5.97 Å². The number of anilines is 2. The number of carbonyl (C=O) groups is 2. The minimum atomic E-state index is -0.473. The maximum atomic E-state index is 12.7. The Hall–Kier alpha value is -2.96. The van der Waals surface area contributed by atoms with Gasteiger partial charge in [0.2, 0.25) is 5.95 Å². The van der Waals surface area contributed by atoms with E-state index in [-0.39, 0.29) is 18.2 Å². The van der Waals surface area contributed by atoms with Gasteiger partial charge in [-0.2, -0.15) is 0 Å². The summed E-state index contributed by atoms with van der Waals surface area (Å²) in [4.78, 5) is 35.6. The molecule has 142 valence electrons. The fourth-order valence-corrected chi connectivity index (χ4v) is 3.16. The van der Waals surface area contributed by atoms with Gasteiger partial charge in [-0.15, -0.1) is 0 Å². The van der Waals surface area contributed by atoms with Gasteiger partial charge in [0.1, 0.15) is 5.69 Å². The van der Waals surface area contributed by atoms with Crippen molar-refractivity contribution in [3.05, 3.63) is 47.8 Å². The molecule has 27 heavy (non-hydrogen) atoms. The van der Waals surface area contributed by atoms with E-state index in [0.29, 0.717) is 23.1 Å². The number of ether oxygens (including phenoxy) is 1. The molecular formula is C20H24N4O3. The van der Waals surface area contributed by atoms with Gasteiger partial charge < -0.3 is 15.0 Å². The highest BCUT2D eigenvalue weighted by atomic mass is 16.5. The Bertz CT molecular complexity index is 824. The molecule has 1 aromatic heterocycles. The molecule has 1 aliphatic heterocycles. The lowest BCUT2D eigenvalue weighted by molar-refractivity contribution is 0.0527. The Balaban J connectivity index is 1.77. The van der Waals surface area contributed by atoms with Gasteiger partial charge in [-0.1, -0.05) is 19.1 Å². The van der Waals surface area contributed by atoms with Gasteiger partial charge in [-0.3, -0.25) is 4.79 Å². The second-order valence-electron chi connectivity index (χ2n) is 6.66. The molecule has 7 heteroatoms. The van der Waals surface area contributed by atoms with Crippen molar-refractivity contribution in [1.29, 1.82) is 0 Å². The van der Waals surface area contributed by atoms with Gasteiger partial charge in [0.05, 0.1) is 17.9 Å². The predicted molar refractivity (Wildman–Crippen MR) is 103 cm³/mol. The van der Waals surface area contributed by atoms with Crippen LogP contribution < -0.4 is 10.2 Å². The summed E-state index contributed by atoms with van der Waals surface area (Å²) in [5, 5.41) is 2.76. The molecule has 1 unspecified atom stereocenters. The number of aromatic nitrogens is 2. The summed E-state index contributed by atoms with van der Waals surface area (Å²) in [5.74, 6) is 0.281. The van der Waals surface area contributed by atoms with Crippen LogP contribution in [0.1, 0.15) is 47.5 Å². The Kier molecular flexibility index (Phi) is 6.01. The number of hydrogen-bond donors (Lipinski definition) is 1. The Morgan fingerprint density at radius 1 is 1.30 bits per heavy atom. The maximum absolute atomic E-state index is 12.7. The lowest BCUT2D eigenvalue weighted by atomic mass is 10.0. The van der Waals surface area contributed by atoms with Crippen LogP contribution in [0.15, 0.2) is 36.5 Å². The van der Waals surface area contributed by atoms with E-state index >= 15 is 0 Å². The van der Waals surface area contributed by atoms with Gasteiger partial charge >= 0.3 is 5.97 Å². The zero-order chi connectivity index (χ0) is 19.2. The first-order valence-corrected chi connectivity index (χ1v) is 9.24. The quantitative estimate of drug-likeness (QED) is 0.816. The average Bonchev–Trinajstić information content (AvgIpc) is 2.68. The molecule has 0 spiro atoms. The Labute approximate surface area is 158 Å². The topological polar surface area (TPSA) is 84.4 Å². The van der Waals surface area contributed by atoms with Crippen LogP contribution in [0.2, 0.25) is 0 Å². The van der Waals surface area contributed by atoms with Crippen LogP contribution in [0.4, 0.5) is 11.6 Å². The molecule has 1 aromatic carbocycles. The van der Waals surface area contributed by atoms with Crippen LogP contribution in [0.3, 0.4) is 0 Å². The molecule has 3 rings (SSSR count). The van der Waals surface area contributed by atoms with E-state index in [0.717, 1.165) is 19.5 Å². The van der Waals surface area contributed by atoms with Gasteiger partial charge in [0.15, 0.2) is 0 Å². The highest BCUT2D eigenvalue weighted by Crippen LogP contribution is 2.21. The third-order valence-electron chi connectivity index (χ3n) is 4.49. The molecule has 0 aliphatic carbocycles. The number of nitrogens with one attached hydrogen (secondary N) is 1. The number of rotatable bonds is 5. The summed E-state index contributed by atoms with van der Waals surface area (Å²) in [6.07, 6.45) is 3.88. The molecule has 1 aliphatic rings. The third-order valence-corrected chi connectivity index (χ3v) is 4.49. The van der Waals surface area contributed by atoms with Gasteiger partial charge in [0, 0.05) is 19.3 Å². The van der Waals surface area contributed by atoms with E-state index in [1.165, 1.54) is 6.42 Å². The van der Waals surface area contributed by atoms with Crippen molar-refractivity contribution in [1.82, 2.24) is 9.97 Å². The molecule has 1 fully saturated rings. The standard InChI is InChI=1S/C20H24N4O3/c1-3-27-19(26)15-8-4-5-9-16(15)22-18(25)17-10-11-21-20(23-17)24-12-6-7-14(2)13-24/h4-5,8-11,14H,3,6-7,12-13H2,1-2H3,(H,22,25). The van der Waals surface area contributed by atoms with Crippen molar-refractivity contribution in [2.24, 2.45) is 5.92 Å². The summed E-state index contributed by atoms with van der Waals surface area (Å²) in [7, 11) is 0. The van der Waals surface area contributed by atoms with Crippen LogP contribution in [-0.4, -0.2) is 41.5 Å². The fourth-order valence-electron chi connectivity index (χ4n) is 3.16. The second kappa shape index (κ2) is 8.62. The van der Waals surface area contributed by atoms with E-state index in [1.54, 1.807) is 43.5 Å². The van der Waals surface area contributed by atoms with E-state index in [9.17, 15) is 9.59 Å². The minimum absolute atomic E-state index is 0.261. The van der Waals surface area contributed by atoms with Crippen molar-refractivity contribution >= 4 is 23.5 Å². The first kappa shape index (κ1) is 18.8. The van der Waals surface area contributed by atoms with E-state index in [2.05, 4.69) is 27.1 Å². The number of esters is 1. The SMILES string of the molecule is CCOC(=O)c1ccccc1NC(=O)c1ccnc(N2CCCC(C)C2)n1. The van der Waals surface area contributed by atoms with Crippen LogP contribution in [-0.2, 0) is 4.74 Å². The highest BCUT2D eigenvalue weighted by molar-refractivity contribution is 6.07. The largest absolute Gasteiger partial charge is 0.462 e. The van der Waals surface area contributed by atoms with Gasteiger partial charge in [-0.25, -0.2) is 14.8 Å². The molecule has 0 saturated carbocycles. The summed E-state index contributed by atoms with van der Waals surface area (Å²) in [5.41, 5.74) is 0.969. The molecule has 1 N–H and O–H groups in total. The van der Waals surface area contributed by atoms with Crippen molar-refractivity contribution < 1.29 is 14.3 Å². The Morgan fingerprint density at radius 3 is 2.89 bits per heavy atom. The van der Waals surface area contributed by atoms with Crippen molar-refractivity contribution in [3.63, 3.8) is 0 Å². The monoisotopic (exact) mass is 368 g/mol. The summed E-state index contributed by atoms with van der Waals surface area (Å²) < 4.78 is 5.04. The Morgan fingerprint density at radius 2 is 2.11 bits per heavy atom. The molecule has 0 radical (unpaired) electrons. The number of nitrogens with zero attached hydrogens (tertiary/aromatic N) is 3. The van der Waals surface area contributed by atoms with Gasteiger partial charge in [0.25, 0.3) is 5.91 Å². The molecule has 1 saturated heterocycles. The number of para-hydroxylation sites is 1. The number of carbonyl (C=O) groups excluding carboxylic acids is 2. The molecule has 0 bridgehead atoms. The molecule has 1 amide bonds. The van der Waals surface area contributed by atoms with Crippen LogP contribution in [0, 0.1) is 5.92 Å². The molecule has 2 heterocycles. The number of amides is 1. The normalized spacial score (nSPS) is 16.7. The van der Waals surface area contributed by atoms with Crippen LogP contribution in [0.25, 0.3) is 0 Å². The number of benzene rings is 1. The van der Waals surface area contributed by atoms with Crippen LogP contribution in [0.5, 0.6) is 0 Å². The molecular weight excluding hydrogens is 344 g/mol. The van der Waals surface area contributed by atoms with Crippen molar-refractivity contribution in [3.8, 4) is 0 Å². The fraction of sp³-hybridized carbons (Fsp3) is 0.400. The minimum Gasteiger partial charge on any atom is -0.462 e. The molecule has 7 nitrogen and oxygen atoms in total. The average molecular weight is 368 g/mol. The summed E-state index contributed by atoms with van der Waals surface area (Å²) in [6, 6.07) is 8.33. The lowest BCUT2D eigenvalue weighted by Crippen LogP contribution is -2.35. The first-order valence-electron chi connectivity index (χ1n) is 9.24. The maximum Gasteiger partial charge on any atom is 0.340 e. The lowest BCUT2D eigenvalue weighted by Gasteiger charge is -2.30. The molecule has 1 atom stereocenters. The first-order chi connectivity index (χ1) is 13.1. The zero-order valence-electron chi connectivity index (χ0n) is 15.6. The summed E-state index contributed by atoms with van der Waals surface area (Å²) >= 11 is 0.